The molecule has 2 aromatic carbocycles. The van der Waals surface area contributed by atoms with Crippen LogP contribution in [0.15, 0.2) is 57.4 Å². The average Bonchev–Trinajstić information content (AvgIpc) is 3.18. The molecule has 3 rings (SSSR count). The van der Waals surface area contributed by atoms with E-state index in [0.29, 0.717) is 22.8 Å². The lowest BCUT2D eigenvalue weighted by Gasteiger charge is -2.14. The number of carbonyl (C=O) groups is 1. The normalized spacial score (nSPS) is 10.5. The molecule has 150 valence electrons. The van der Waals surface area contributed by atoms with Crippen LogP contribution in [0.1, 0.15) is 21.7 Å². The molecule has 0 bridgehead atoms. The van der Waals surface area contributed by atoms with Gasteiger partial charge in [-0.05, 0) is 61.1 Å². The number of aliphatic hydroxyl groups is 1. The van der Waals surface area contributed by atoms with Gasteiger partial charge in [0.05, 0.1) is 12.7 Å². The molecular weight excluding hydrogens is 456 g/mol. The summed E-state index contributed by atoms with van der Waals surface area (Å²) >= 11 is 8.67. The van der Waals surface area contributed by atoms with E-state index in [4.69, 9.17) is 21.4 Å². The van der Waals surface area contributed by atoms with E-state index in [1.807, 2.05) is 25.1 Å². The highest BCUT2D eigenvalue weighted by Crippen LogP contribution is 2.27. The first kappa shape index (κ1) is 21.0. The molecule has 0 aliphatic rings. The number of halogens is 1. The fraction of sp³-hybridized carbons (Fsp3) is 0.143. The van der Waals surface area contributed by atoms with Crippen molar-refractivity contribution in [2.24, 2.45) is 0 Å². The summed E-state index contributed by atoms with van der Waals surface area (Å²) in [7, 11) is 1.50. The first-order valence-electron chi connectivity index (χ1n) is 8.67. The van der Waals surface area contributed by atoms with Crippen molar-refractivity contribution >= 4 is 44.9 Å². The van der Waals surface area contributed by atoms with Gasteiger partial charge in [-0.25, -0.2) is 0 Å². The summed E-state index contributed by atoms with van der Waals surface area (Å²) in [5, 5.41) is 15.1. The van der Waals surface area contributed by atoms with Crippen LogP contribution < -0.4 is 15.4 Å². The van der Waals surface area contributed by atoms with Crippen LogP contribution >= 0.6 is 28.1 Å². The van der Waals surface area contributed by atoms with Gasteiger partial charge < -0.3 is 19.6 Å². The highest BCUT2D eigenvalue weighted by atomic mass is 79.9. The molecule has 1 amide bonds. The largest absolute Gasteiger partial charge is 0.496 e. The van der Waals surface area contributed by atoms with Crippen LogP contribution in [0.5, 0.6) is 5.75 Å². The van der Waals surface area contributed by atoms with E-state index < -0.39 is 0 Å². The summed E-state index contributed by atoms with van der Waals surface area (Å²) in [4.78, 5) is 12.6. The predicted molar refractivity (Wildman–Crippen MR) is 119 cm³/mol. The van der Waals surface area contributed by atoms with Crippen LogP contribution in [0.2, 0.25) is 0 Å². The number of aliphatic hydroxyl groups excluding tert-OH is 1. The van der Waals surface area contributed by atoms with Gasteiger partial charge in [0.25, 0.3) is 5.91 Å². The summed E-state index contributed by atoms with van der Waals surface area (Å²) in [6.07, 6.45) is 0. The van der Waals surface area contributed by atoms with Gasteiger partial charge in [0.2, 0.25) is 0 Å². The fourth-order valence-electron chi connectivity index (χ4n) is 2.71. The second-order valence-electron chi connectivity index (χ2n) is 6.21. The van der Waals surface area contributed by atoms with Crippen LogP contribution in [0.4, 0.5) is 5.69 Å². The maximum absolute atomic E-state index is 12.6. The molecular formula is C21H19BrN2O4S. The monoisotopic (exact) mass is 474 g/mol. The Hall–Kier alpha value is -2.68. The molecule has 0 spiro atoms. The van der Waals surface area contributed by atoms with Crippen molar-refractivity contribution < 1.29 is 19.1 Å². The fourth-order valence-corrected chi connectivity index (χ4v) is 3.27. The Morgan fingerprint density at radius 2 is 2.00 bits per heavy atom. The molecule has 0 fully saturated rings. The predicted octanol–water partition coefficient (Wildman–Crippen LogP) is 4.65. The van der Waals surface area contributed by atoms with E-state index in [0.717, 1.165) is 21.3 Å². The van der Waals surface area contributed by atoms with Crippen LogP contribution in [-0.4, -0.2) is 23.2 Å². The van der Waals surface area contributed by atoms with E-state index in [1.54, 1.807) is 30.3 Å². The van der Waals surface area contributed by atoms with Gasteiger partial charge in [-0.3, -0.25) is 10.1 Å². The molecule has 0 saturated carbocycles. The minimum atomic E-state index is -0.381. The van der Waals surface area contributed by atoms with Gasteiger partial charge in [0.1, 0.15) is 23.9 Å². The second kappa shape index (κ2) is 9.21. The van der Waals surface area contributed by atoms with Crippen molar-refractivity contribution in [3.8, 4) is 17.1 Å². The minimum Gasteiger partial charge on any atom is -0.496 e. The highest BCUT2D eigenvalue weighted by molar-refractivity contribution is 9.10. The summed E-state index contributed by atoms with van der Waals surface area (Å²) < 4.78 is 11.6. The van der Waals surface area contributed by atoms with Gasteiger partial charge in [0, 0.05) is 15.7 Å². The number of aryl methyl sites for hydroxylation is 1. The smallest absolute Gasteiger partial charge is 0.261 e. The maximum Gasteiger partial charge on any atom is 0.261 e. The van der Waals surface area contributed by atoms with Gasteiger partial charge in [-0.2, -0.15) is 0 Å². The molecule has 0 aliphatic heterocycles. The second-order valence-corrected chi connectivity index (χ2v) is 7.53. The number of amides is 1. The van der Waals surface area contributed by atoms with Crippen molar-refractivity contribution in [2.45, 2.75) is 13.5 Å². The van der Waals surface area contributed by atoms with Crippen molar-refractivity contribution in [3.63, 3.8) is 0 Å². The molecule has 0 saturated heterocycles. The third-order valence-corrected chi connectivity index (χ3v) is 4.92. The SMILES string of the molecule is COc1ccc(Br)cc1C(=O)NC(=S)Nc1cc(-c2ccc(CO)o2)ccc1C. The Morgan fingerprint density at radius 1 is 1.21 bits per heavy atom. The van der Waals surface area contributed by atoms with Gasteiger partial charge in [-0.1, -0.05) is 28.1 Å². The van der Waals surface area contributed by atoms with E-state index in [2.05, 4.69) is 26.6 Å². The quantitative estimate of drug-likeness (QED) is 0.467. The zero-order chi connectivity index (χ0) is 21.0. The zero-order valence-corrected chi connectivity index (χ0v) is 18.2. The topological polar surface area (TPSA) is 83.7 Å². The Bertz CT molecular complexity index is 1060. The van der Waals surface area contributed by atoms with Crippen LogP contribution in [-0.2, 0) is 6.61 Å². The third-order valence-electron chi connectivity index (χ3n) is 4.22. The number of hydrogen-bond acceptors (Lipinski definition) is 5. The number of furan rings is 1. The van der Waals surface area contributed by atoms with Crippen LogP contribution in [0, 0.1) is 6.92 Å². The number of anilines is 1. The summed E-state index contributed by atoms with van der Waals surface area (Å²) in [5.41, 5.74) is 2.86. The number of hydrogen-bond donors (Lipinski definition) is 3. The molecule has 3 aromatic rings. The average molecular weight is 475 g/mol. The van der Waals surface area contributed by atoms with Gasteiger partial charge in [-0.15, -0.1) is 0 Å². The first-order chi connectivity index (χ1) is 13.9. The van der Waals surface area contributed by atoms with Crippen molar-refractivity contribution in [2.75, 3.05) is 12.4 Å². The number of nitrogens with one attached hydrogen (secondary N) is 2. The zero-order valence-electron chi connectivity index (χ0n) is 15.8. The Kier molecular flexibility index (Phi) is 6.68. The maximum atomic E-state index is 12.6. The number of thiocarbonyl (C=S) groups is 1. The lowest BCUT2D eigenvalue weighted by atomic mass is 10.1. The van der Waals surface area contributed by atoms with Crippen molar-refractivity contribution in [3.05, 3.63) is 69.9 Å². The summed E-state index contributed by atoms with van der Waals surface area (Å²) in [6, 6.07) is 14.4. The highest BCUT2D eigenvalue weighted by Gasteiger charge is 2.15. The minimum absolute atomic E-state index is 0.160. The van der Waals surface area contributed by atoms with E-state index in [-0.39, 0.29) is 17.6 Å². The lowest BCUT2D eigenvalue weighted by Crippen LogP contribution is -2.34. The Morgan fingerprint density at radius 3 is 2.69 bits per heavy atom. The van der Waals surface area contributed by atoms with E-state index in [1.165, 1.54) is 7.11 Å². The standard InChI is InChI=1S/C21H19BrN2O4S/c1-12-3-4-13(18-8-6-15(11-25)28-18)9-17(12)23-21(29)24-20(26)16-10-14(22)5-7-19(16)27-2/h3-10,25H,11H2,1-2H3,(H2,23,24,26,29). The number of rotatable bonds is 5. The molecule has 0 aliphatic carbocycles. The van der Waals surface area contributed by atoms with Crippen LogP contribution in [0.3, 0.4) is 0 Å². The van der Waals surface area contributed by atoms with Gasteiger partial charge in [0.15, 0.2) is 5.11 Å². The van der Waals surface area contributed by atoms with E-state index >= 15 is 0 Å². The number of methoxy groups -OCH3 is 1. The summed E-state index contributed by atoms with van der Waals surface area (Å²) in [6.45, 7) is 1.77. The number of benzene rings is 2. The molecule has 0 radical (unpaired) electrons. The van der Waals surface area contributed by atoms with Crippen LogP contribution in [0.25, 0.3) is 11.3 Å². The summed E-state index contributed by atoms with van der Waals surface area (Å²) in [5.74, 6) is 1.18. The number of ether oxygens (including phenoxy) is 1. The molecule has 1 aromatic heterocycles. The molecule has 29 heavy (non-hydrogen) atoms. The van der Waals surface area contributed by atoms with Crippen molar-refractivity contribution in [1.29, 1.82) is 0 Å². The van der Waals surface area contributed by atoms with Gasteiger partial charge >= 0.3 is 0 Å². The molecule has 0 atom stereocenters. The molecule has 0 unspecified atom stereocenters. The first-order valence-corrected chi connectivity index (χ1v) is 9.88. The molecule has 8 heteroatoms. The molecule has 1 heterocycles. The molecule has 3 N–H and O–H groups in total. The van der Waals surface area contributed by atoms with E-state index in [9.17, 15) is 9.90 Å². The lowest BCUT2D eigenvalue weighted by molar-refractivity contribution is 0.0974. The Labute approximate surface area is 182 Å². The number of carbonyl (C=O) groups excluding carboxylic acids is 1. The Balaban J connectivity index is 1.76. The molecule has 6 nitrogen and oxygen atoms in total. The van der Waals surface area contributed by atoms with Crippen molar-refractivity contribution in [1.82, 2.24) is 5.32 Å². The third kappa shape index (κ3) is 5.03.